The second kappa shape index (κ2) is 6.92. The molecule has 4 aromatic rings. The molecule has 27 heavy (non-hydrogen) atoms. The van der Waals surface area contributed by atoms with Crippen LogP contribution in [-0.4, -0.2) is 25.5 Å². The van der Waals surface area contributed by atoms with Crippen molar-refractivity contribution in [1.29, 1.82) is 0 Å². The van der Waals surface area contributed by atoms with E-state index < -0.39 is 0 Å². The number of benzene rings is 1. The molecule has 1 N–H and O–H groups in total. The number of fused-ring (bicyclic) bond motifs is 1. The molecule has 0 unspecified atom stereocenters. The number of aryl methyl sites for hydroxylation is 3. The first-order valence-corrected chi connectivity index (χ1v) is 9.52. The first-order chi connectivity index (χ1) is 13.0. The van der Waals surface area contributed by atoms with Crippen molar-refractivity contribution in [3.8, 4) is 10.7 Å². The van der Waals surface area contributed by atoms with Gasteiger partial charge in [-0.2, -0.15) is 4.98 Å². The van der Waals surface area contributed by atoms with Crippen LogP contribution in [-0.2, 0) is 11.2 Å². The Kier molecular flexibility index (Phi) is 4.45. The lowest BCUT2D eigenvalue weighted by Gasteiger charge is -2.11. The molecule has 0 saturated carbocycles. The molecular weight excluding hydrogens is 358 g/mol. The van der Waals surface area contributed by atoms with Gasteiger partial charge in [0, 0.05) is 22.6 Å². The van der Waals surface area contributed by atoms with Crippen LogP contribution in [0.2, 0.25) is 0 Å². The number of aromatic nitrogens is 4. The molecule has 0 aliphatic carbocycles. The lowest BCUT2D eigenvalue weighted by Crippen LogP contribution is -2.17. The molecule has 0 bridgehead atoms. The van der Waals surface area contributed by atoms with E-state index in [1.807, 2.05) is 62.5 Å². The van der Waals surface area contributed by atoms with Gasteiger partial charge in [-0.05, 0) is 49.9 Å². The summed E-state index contributed by atoms with van der Waals surface area (Å²) in [6.07, 6.45) is 0.239. The Morgan fingerprint density at radius 2 is 2.00 bits per heavy atom. The van der Waals surface area contributed by atoms with Crippen LogP contribution in [0.25, 0.3) is 16.5 Å². The number of rotatable bonds is 4. The summed E-state index contributed by atoms with van der Waals surface area (Å²) in [6, 6.07) is 11.7. The van der Waals surface area contributed by atoms with Crippen molar-refractivity contribution in [2.75, 3.05) is 5.32 Å². The summed E-state index contributed by atoms with van der Waals surface area (Å²) >= 11 is 1.59. The van der Waals surface area contributed by atoms with Crippen LogP contribution in [0.4, 0.5) is 5.69 Å². The minimum atomic E-state index is -0.0773. The van der Waals surface area contributed by atoms with E-state index >= 15 is 0 Å². The molecule has 0 fully saturated rings. The van der Waals surface area contributed by atoms with Crippen molar-refractivity contribution in [2.45, 2.75) is 27.2 Å². The highest BCUT2D eigenvalue weighted by Gasteiger charge is 2.17. The number of hydrogen-bond donors (Lipinski definition) is 1. The van der Waals surface area contributed by atoms with Gasteiger partial charge in [-0.1, -0.05) is 18.2 Å². The summed E-state index contributed by atoms with van der Waals surface area (Å²) in [6.45, 7) is 5.85. The van der Waals surface area contributed by atoms with Crippen LogP contribution >= 0.6 is 11.3 Å². The molecule has 0 radical (unpaired) electrons. The SMILES string of the molecule is Cc1cccc(NC(=O)Cc2c(C)nc3nc(-c4cccs4)nn3c2C)c1. The van der Waals surface area contributed by atoms with Gasteiger partial charge >= 0.3 is 0 Å². The lowest BCUT2D eigenvalue weighted by atomic mass is 10.1. The van der Waals surface area contributed by atoms with Crippen LogP contribution in [0.15, 0.2) is 41.8 Å². The fourth-order valence-electron chi connectivity index (χ4n) is 3.06. The number of thiophene rings is 1. The van der Waals surface area contributed by atoms with Gasteiger partial charge in [-0.3, -0.25) is 4.79 Å². The third-order valence-electron chi connectivity index (χ3n) is 4.43. The number of carbonyl (C=O) groups excluding carboxylic acids is 1. The van der Waals surface area contributed by atoms with E-state index in [0.717, 1.165) is 33.1 Å². The topological polar surface area (TPSA) is 72.2 Å². The van der Waals surface area contributed by atoms with Crippen molar-refractivity contribution >= 4 is 28.7 Å². The van der Waals surface area contributed by atoms with E-state index in [2.05, 4.69) is 20.4 Å². The first kappa shape index (κ1) is 17.4. The molecule has 1 amide bonds. The molecule has 6 nitrogen and oxygen atoms in total. The van der Waals surface area contributed by atoms with Gasteiger partial charge < -0.3 is 5.32 Å². The largest absolute Gasteiger partial charge is 0.326 e. The number of nitrogens with one attached hydrogen (secondary N) is 1. The zero-order chi connectivity index (χ0) is 19.0. The van der Waals surface area contributed by atoms with Gasteiger partial charge in [0.05, 0.1) is 11.3 Å². The highest BCUT2D eigenvalue weighted by atomic mass is 32.1. The van der Waals surface area contributed by atoms with Crippen LogP contribution in [0.1, 0.15) is 22.5 Å². The number of nitrogens with zero attached hydrogens (tertiary/aromatic N) is 4. The maximum atomic E-state index is 12.5. The zero-order valence-electron chi connectivity index (χ0n) is 15.4. The van der Waals surface area contributed by atoms with E-state index in [1.165, 1.54) is 0 Å². The second-order valence-electron chi connectivity index (χ2n) is 6.48. The minimum absolute atomic E-state index is 0.0773. The fraction of sp³-hybridized carbons (Fsp3) is 0.200. The molecule has 1 aromatic carbocycles. The van der Waals surface area contributed by atoms with Crippen molar-refractivity contribution in [1.82, 2.24) is 19.6 Å². The van der Waals surface area contributed by atoms with Crippen LogP contribution in [0.5, 0.6) is 0 Å². The molecular formula is C20H19N5OS. The van der Waals surface area contributed by atoms with E-state index in [1.54, 1.807) is 15.9 Å². The van der Waals surface area contributed by atoms with Gasteiger partial charge in [0.15, 0.2) is 5.82 Å². The monoisotopic (exact) mass is 377 g/mol. The second-order valence-corrected chi connectivity index (χ2v) is 7.43. The Bertz CT molecular complexity index is 1130. The Morgan fingerprint density at radius 1 is 1.15 bits per heavy atom. The molecule has 0 atom stereocenters. The number of hydrogen-bond acceptors (Lipinski definition) is 5. The molecule has 0 saturated heterocycles. The average molecular weight is 377 g/mol. The summed E-state index contributed by atoms with van der Waals surface area (Å²) in [7, 11) is 0. The van der Waals surface area contributed by atoms with Crippen molar-refractivity contribution < 1.29 is 4.79 Å². The zero-order valence-corrected chi connectivity index (χ0v) is 16.2. The van der Waals surface area contributed by atoms with Crippen LogP contribution < -0.4 is 5.32 Å². The maximum Gasteiger partial charge on any atom is 0.253 e. The Hall–Kier alpha value is -3.06. The number of anilines is 1. The van der Waals surface area contributed by atoms with Gasteiger partial charge in [0.2, 0.25) is 5.91 Å². The van der Waals surface area contributed by atoms with E-state index in [4.69, 9.17) is 0 Å². The quantitative estimate of drug-likeness (QED) is 0.584. The van der Waals surface area contributed by atoms with Gasteiger partial charge in [0.1, 0.15) is 0 Å². The van der Waals surface area contributed by atoms with E-state index in [0.29, 0.717) is 11.6 Å². The number of carbonyl (C=O) groups is 1. The smallest absolute Gasteiger partial charge is 0.253 e. The van der Waals surface area contributed by atoms with Crippen molar-refractivity contribution in [2.24, 2.45) is 0 Å². The lowest BCUT2D eigenvalue weighted by molar-refractivity contribution is -0.115. The molecule has 4 rings (SSSR count). The third-order valence-corrected chi connectivity index (χ3v) is 5.30. The average Bonchev–Trinajstić information content (AvgIpc) is 3.28. The highest BCUT2D eigenvalue weighted by Crippen LogP contribution is 2.23. The minimum Gasteiger partial charge on any atom is -0.326 e. The van der Waals surface area contributed by atoms with Crippen LogP contribution in [0, 0.1) is 20.8 Å². The molecule has 0 spiro atoms. The Morgan fingerprint density at radius 3 is 2.74 bits per heavy atom. The summed E-state index contributed by atoms with van der Waals surface area (Å²) in [4.78, 5) is 22.6. The van der Waals surface area contributed by atoms with Crippen molar-refractivity contribution in [3.05, 3.63) is 64.3 Å². The first-order valence-electron chi connectivity index (χ1n) is 8.64. The molecule has 0 aliphatic rings. The summed E-state index contributed by atoms with van der Waals surface area (Å²) in [5, 5.41) is 9.53. The molecule has 3 heterocycles. The normalized spacial score (nSPS) is 11.1. The molecule has 3 aromatic heterocycles. The summed E-state index contributed by atoms with van der Waals surface area (Å²) in [5.74, 6) is 1.13. The molecule has 7 heteroatoms. The van der Waals surface area contributed by atoms with Crippen molar-refractivity contribution in [3.63, 3.8) is 0 Å². The summed E-state index contributed by atoms with van der Waals surface area (Å²) < 4.78 is 1.72. The van der Waals surface area contributed by atoms with Gasteiger partial charge in [0.25, 0.3) is 5.78 Å². The maximum absolute atomic E-state index is 12.5. The summed E-state index contributed by atoms with van der Waals surface area (Å²) in [5.41, 5.74) is 4.45. The highest BCUT2D eigenvalue weighted by molar-refractivity contribution is 7.13. The standard InChI is InChI=1S/C20H19N5OS/c1-12-6-4-7-15(10-12)22-18(26)11-16-13(2)21-20-23-19(17-8-5-9-27-17)24-25(20)14(16)3/h4-10H,11H2,1-3H3,(H,22,26). The van der Waals surface area contributed by atoms with Gasteiger partial charge in [-0.25, -0.2) is 9.50 Å². The van der Waals surface area contributed by atoms with Crippen LogP contribution in [0.3, 0.4) is 0 Å². The predicted octanol–water partition coefficient (Wildman–Crippen LogP) is 3.96. The fourth-order valence-corrected chi connectivity index (χ4v) is 3.72. The third kappa shape index (κ3) is 3.46. The van der Waals surface area contributed by atoms with E-state index in [-0.39, 0.29) is 12.3 Å². The molecule has 136 valence electrons. The van der Waals surface area contributed by atoms with Gasteiger partial charge in [-0.15, -0.1) is 16.4 Å². The molecule has 0 aliphatic heterocycles. The number of amides is 1. The van der Waals surface area contributed by atoms with E-state index in [9.17, 15) is 4.79 Å². The Balaban J connectivity index is 1.64. The predicted molar refractivity (Wildman–Crippen MR) is 107 cm³/mol. The Labute approximate surface area is 160 Å².